The van der Waals surface area contributed by atoms with Crippen molar-refractivity contribution in [1.82, 2.24) is 5.32 Å². The summed E-state index contributed by atoms with van der Waals surface area (Å²) in [7, 11) is 0. The highest BCUT2D eigenvalue weighted by Gasteiger charge is 2.28. The van der Waals surface area contributed by atoms with E-state index in [-0.39, 0.29) is 11.9 Å². The zero-order valence-electron chi connectivity index (χ0n) is 11.9. The summed E-state index contributed by atoms with van der Waals surface area (Å²) in [6.45, 7) is 4.79. The Bertz CT molecular complexity index is 478. The minimum absolute atomic E-state index is 0.181. The number of primary amides is 1. The SMILES string of the molecule is CCNCc1ccc(N2CCCCC2C(N)=O)c(Br)c1. The van der Waals surface area contributed by atoms with Crippen molar-refractivity contribution in [2.45, 2.75) is 38.8 Å². The Morgan fingerprint density at radius 2 is 2.30 bits per heavy atom. The van der Waals surface area contributed by atoms with Crippen LogP contribution in [0.1, 0.15) is 31.7 Å². The van der Waals surface area contributed by atoms with Gasteiger partial charge in [-0.3, -0.25) is 4.79 Å². The van der Waals surface area contributed by atoms with Crippen molar-refractivity contribution in [2.75, 3.05) is 18.0 Å². The maximum atomic E-state index is 11.6. The molecule has 1 saturated heterocycles. The molecular weight excluding hydrogens is 318 g/mol. The van der Waals surface area contributed by atoms with E-state index in [9.17, 15) is 4.79 Å². The number of amides is 1. The second-order valence-electron chi connectivity index (χ2n) is 5.17. The number of anilines is 1. The van der Waals surface area contributed by atoms with Gasteiger partial charge in [-0.15, -0.1) is 0 Å². The summed E-state index contributed by atoms with van der Waals surface area (Å²) >= 11 is 3.63. The van der Waals surface area contributed by atoms with Crippen LogP contribution < -0.4 is 16.0 Å². The van der Waals surface area contributed by atoms with Gasteiger partial charge in [0.2, 0.25) is 5.91 Å². The monoisotopic (exact) mass is 339 g/mol. The van der Waals surface area contributed by atoms with Gasteiger partial charge in [0.05, 0.1) is 5.69 Å². The number of nitrogens with two attached hydrogens (primary N) is 1. The van der Waals surface area contributed by atoms with Crippen LogP contribution in [0.15, 0.2) is 22.7 Å². The number of carbonyl (C=O) groups is 1. The Morgan fingerprint density at radius 3 is 2.95 bits per heavy atom. The third kappa shape index (κ3) is 3.52. The average Bonchev–Trinajstić information content (AvgIpc) is 2.45. The number of hydrogen-bond acceptors (Lipinski definition) is 3. The van der Waals surface area contributed by atoms with Gasteiger partial charge in [-0.2, -0.15) is 0 Å². The minimum Gasteiger partial charge on any atom is -0.368 e. The van der Waals surface area contributed by atoms with Gasteiger partial charge in [0, 0.05) is 17.6 Å². The van der Waals surface area contributed by atoms with Gasteiger partial charge in [0.15, 0.2) is 0 Å². The van der Waals surface area contributed by atoms with Crippen molar-refractivity contribution < 1.29 is 4.79 Å². The lowest BCUT2D eigenvalue weighted by Gasteiger charge is -2.36. The zero-order valence-corrected chi connectivity index (χ0v) is 13.4. The van der Waals surface area contributed by atoms with Crippen molar-refractivity contribution in [1.29, 1.82) is 0 Å². The van der Waals surface area contributed by atoms with E-state index in [1.165, 1.54) is 5.56 Å². The van der Waals surface area contributed by atoms with Gasteiger partial charge in [0.25, 0.3) is 0 Å². The third-order valence-corrected chi connectivity index (χ3v) is 4.37. The fourth-order valence-corrected chi connectivity index (χ4v) is 3.33. The van der Waals surface area contributed by atoms with Crippen LogP contribution in [-0.4, -0.2) is 25.0 Å². The fraction of sp³-hybridized carbons (Fsp3) is 0.533. The molecule has 1 aromatic carbocycles. The summed E-state index contributed by atoms with van der Waals surface area (Å²) in [6, 6.07) is 6.12. The Kier molecular flexibility index (Phi) is 5.43. The van der Waals surface area contributed by atoms with E-state index in [4.69, 9.17) is 5.73 Å². The Labute approximate surface area is 128 Å². The van der Waals surface area contributed by atoms with Crippen LogP contribution in [0.2, 0.25) is 0 Å². The molecule has 0 aliphatic carbocycles. The van der Waals surface area contributed by atoms with Gasteiger partial charge < -0.3 is 16.0 Å². The number of carbonyl (C=O) groups excluding carboxylic acids is 1. The summed E-state index contributed by atoms with van der Waals surface area (Å²) in [5, 5.41) is 3.31. The number of benzene rings is 1. The molecule has 0 spiro atoms. The molecule has 2 rings (SSSR count). The number of halogens is 1. The van der Waals surface area contributed by atoms with Crippen molar-refractivity contribution in [2.24, 2.45) is 5.73 Å². The Hall–Kier alpha value is -1.07. The lowest BCUT2D eigenvalue weighted by molar-refractivity contribution is -0.119. The maximum Gasteiger partial charge on any atom is 0.240 e. The highest BCUT2D eigenvalue weighted by Crippen LogP contribution is 2.32. The van der Waals surface area contributed by atoms with E-state index >= 15 is 0 Å². The van der Waals surface area contributed by atoms with Crippen molar-refractivity contribution >= 4 is 27.5 Å². The predicted molar refractivity (Wildman–Crippen MR) is 85.7 cm³/mol. The van der Waals surface area contributed by atoms with Crippen LogP contribution in [0.4, 0.5) is 5.69 Å². The van der Waals surface area contributed by atoms with Crippen LogP contribution in [-0.2, 0) is 11.3 Å². The van der Waals surface area contributed by atoms with Crippen LogP contribution in [0, 0.1) is 0 Å². The second-order valence-corrected chi connectivity index (χ2v) is 6.03. The molecule has 0 saturated carbocycles. The normalized spacial score (nSPS) is 19.1. The molecule has 1 aliphatic rings. The molecule has 1 fully saturated rings. The summed E-state index contributed by atoms with van der Waals surface area (Å²) < 4.78 is 1.03. The molecule has 1 heterocycles. The number of hydrogen-bond donors (Lipinski definition) is 2. The zero-order chi connectivity index (χ0) is 14.5. The molecule has 3 N–H and O–H groups in total. The van der Waals surface area contributed by atoms with Gasteiger partial charge in [-0.05, 0) is 59.4 Å². The standard InChI is InChI=1S/C15H22BrN3O/c1-2-18-10-11-6-7-13(12(16)9-11)19-8-4-3-5-14(19)15(17)20/h6-7,9,14,18H,2-5,8,10H2,1H3,(H2,17,20). The maximum absolute atomic E-state index is 11.6. The highest BCUT2D eigenvalue weighted by molar-refractivity contribution is 9.10. The number of nitrogens with one attached hydrogen (secondary N) is 1. The predicted octanol–water partition coefficient (Wildman–Crippen LogP) is 2.40. The molecule has 1 aliphatic heterocycles. The minimum atomic E-state index is -0.228. The first-order valence-electron chi connectivity index (χ1n) is 7.18. The molecule has 0 aromatic heterocycles. The molecule has 110 valence electrons. The van der Waals surface area contributed by atoms with Gasteiger partial charge in [0.1, 0.15) is 6.04 Å². The molecule has 1 aromatic rings. The summed E-state index contributed by atoms with van der Waals surface area (Å²) in [5.41, 5.74) is 7.83. The van der Waals surface area contributed by atoms with E-state index in [0.29, 0.717) is 0 Å². The highest BCUT2D eigenvalue weighted by atomic mass is 79.9. The first kappa shape index (κ1) is 15.3. The smallest absolute Gasteiger partial charge is 0.240 e. The van der Waals surface area contributed by atoms with Crippen molar-refractivity contribution in [3.05, 3.63) is 28.2 Å². The van der Waals surface area contributed by atoms with Crippen LogP contribution in [0.5, 0.6) is 0 Å². The lowest BCUT2D eigenvalue weighted by Crippen LogP contribution is -2.48. The molecule has 1 amide bonds. The van der Waals surface area contributed by atoms with Crippen LogP contribution in [0.3, 0.4) is 0 Å². The number of piperidine rings is 1. The molecule has 4 nitrogen and oxygen atoms in total. The molecule has 5 heteroatoms. The van der Waals surface area contributed by atoms with Crippen molar-refractivity contribution in [3.63, 3.8) is 0 Å². The molecule has 0 radical (unpaired) electrons. The fourth-order valence-electron chi connectivity index (χ4n) is 2.68. The first-order valence-corrected chi connectivity index (χ1v) is 7.98. The quantitative estimate of drug-likeness (QED) is 0.865. The average molecular weight is 340 g/mol. The third-order valence-electron chi connectivity index (χ3n) is 3.73. The first-order chi connectivity index (χ1) is 9.63. The molecule has 1 unspecified atom stereocenters. The van der Waals surface area contributed by atoms with E-state index < -0.39 is 0 Å². The molecule has 20 heavy (non-hydrogen) atoms. The van der Waals surface area contributed by atoms with E-state index in [1.807, 2.05) is 0 Å². The Balaban J connectivity index is 2.20. The van der Waals surface area contributed by atoms with E-state index in [2.05, 4.69) is 51.3 Å². The van der Waals surface area contributed by atoms with E-state index in [0.717, 1.165) is 49.1 Å². The largest absolute Gasteiger partial charge is 0.368 e. The van der Waals surface area contributed by atoms with E-state index in [1.54, 1.807) is 0 Å². The summed E-state index contributed by atoms with van der Waals surface area (Å²) in [6.07, 6.45) is 3.02. The number of rotatable bonds is 5. The van der Waals surface area contributed by atoms with Gasteiger partial charge in [-0.1, -0.05) is 13.0 Å². The van der Waals surface area contributed by atoms with Gasteiger partial charge >= 0.3 is 0 Å². The lowest BCUT2D eigenvalue weighted by atomic mass is 10.0. The number of nitrogens with zero attached hydrogens (tertiary/aromatic N) is 1. The second kappa shape index (κ2) is 7.09. The summed E-state index contributed by atoms with van der Waals surface area (Å²) in [4.78, 5) is 13.7. The molecule has 0 bridgehead atoms. The molecular formula is C15H22BrN3O. The molecule has 1 atom stereocenters. The van der Waals surface area contributed by atoms with Crippen LogP contribution in [0.25, 0.3) is 0 Å². The van der Waals surface area contributed by atoms with Gasteiger partial charge in [-0.25, -0.2) is 0 Å². The topological polar surface area (TPSA) is 58.4 Å². The Morgan fingerprint density at radius 1 is 1.50 bits per heavy atom. The van der Waals surface area contributed by atoms with Crippen molar-refractivity contribution in [3.8, 4) is 0 Å². The summed E-state index contributed by atoms with van der Waals surface area (Å²) in [5.74, 6) is -0.228. The van der Waals surface area contributed by atoms with Crippen LogP contribution >= 0.6 is 15.9 Å².